The molecule has 11 aromatic carbocycles. The van der Waals surface area contributed by atoms with Crippen LogP contribution in [0.2, 0.25) is 0 Å². The van der Waals surface area contributed by atoms with Crippen LogP contribution < -0.4 is 14.7 Å². The SMILES string of the molecule is [2H]c1c([2H])c([2H])c(-c2ccc(N(c3ccc(-c4c([2H])c([2H])c([2H])c([2H])c4[2H])cc3)c3ccc(Br)s3)cc2)c([2H])c1[2H].[2H]c1c([2H])c([2H])c(-c2ccc(N(c3ccc(-c4ccccc4)cc3)c3ccc(Br)s3)cc2)c([2H])c1[2H].[2H]c1c([2H])c([2H])c(-c2ccc(N(c3ccccc3)c3ccc(Br)s3)cc2)c([2H])c1[2H]. The normalized spacial score (nSPS) is 13.9. The molecule has 9 heteroatoms. The topological polar surface area (TPSA) is 9.72 Å². The van der Waals surface area contributed by atoms with Crippen LogP contribution in [0.3, 0.4) is 0 Å². The summed E-state index contributed by atoms with van der Waals surface area (Å²) in [4.78, 5) is 6.21. The molecule has 87 heavy (non-hydrogen) atoms. The minimum Gasteiger partial charge on any atom is -0.302 e. The van der Waals surface area contributed by atoms with Gasteiger partial charge in [0, 0.05) is 34.1 Å². The molecule has 422 valence electrons. The van der Waals surface area contributed by atoms with Gasteiger partial charge in [0.1, 0.15) is 15.0 Å². The summed E-state index contributed by atoms with van der Waals surface area (Å²) < 4.78 is 164. The van der Waals surface area contributed by atoms with E-state index in [2.05, 4.69) is 94.0 Å². The van der Waals surface area contributed by atoms with Gasteiger partial charge in [0.2, 0.25) is 0 Å². The second-order valence-electron chi connectivity index (χ2n) is 18.7. The lowest BCUT2D eigenvalue weighted by Crippen LogP contribution is -2.08. The number of anilines is 9. The number of rotatable bonds is 14. The summed E-state index contributed by atoms with van der Waals surface area (Å²) in [6, 6.07) is 62.9. The maximum absolute atomic E-state index is 8.30. The Morgan fingerprint density at radius 1 is 0.207 bits per heavy atom. The summed E-state index contributed by atoms with van der Waals surface area (Å²) in [5.41, 5.74) is 10.3. The molecule has 0 atom stereocenters. The highest BCUT2D eigenvalue weighted by Crippen LogP contribution is 2.45. The number of hydrogen-bond donors (Lipinski definition) is 0. The van der Waals surface area contributed by atoms with E-state index in [1.54, 1.807) is 95.5 Å². The molecule has 14 rings (SSSR count). The molecule has 0 amide bonds. The lowest BCUT2D eigenvalue weighted by atomic mass is 10.0. The Morgan fingerprint density at radius 3 is 0.644 bits per heavy atom. The molecule has 3 nitrogen and oxygen atoms in total. The van der Waals surface area contributed by atoms with Gasteiger partial charge in [-0.05, 0) is 213 Å². The molecule has 0 bridgehead atoms. The fourth-order valence-corrected chi connectivity index (χ4v) is 13.4. The molecule has 0 radical (unpaired) electrons. The van der Waals surface area contributed by atoms with E-state index in [0.717, 1.165) is 71.6 Å². The second-order valence-corrected chi connectivity index (χ2v) is 26.0. The van der Waals surface area contributed by atoms with Crippen LogP contribution in [0.5, 0.6) is 0 Å². The molecular weight excluding hydrogens is 1310 g/mol. The average molecular weight is 1390 g/mol. The molecule has 3 aromatic heterocycles. The van der Waals surface area contributed by atoms with Crippen molar-refractivity contribution in [3.63, 3.8) is 0 Å². The van der Waals surface area contributed by atoms with Crippen LogP contribution in [0.4, 0.5) is 49.1 Å². The van der Waals surface area contributed by atoms with Crippen LogP contribution in [-0.4, -0.2) is 0 Å². The molecule has 0 aliphatic carbocycles. The van der Waals surface area contributed by atoms with Crippen LogP contribution in [0, 0.1) is 0 Å². The van der Waals surface area contributed by atoms with E-state index in [9.17, 15) is 0 Å². The van der Waals surface area contributed by atoms with Gasteiger partial charge in [0.25, 0.3) is 0 Å². The summed E-state index contributed by atoms with van der Waals surface area (Å²) in [6.07, 6.45) is 0. The maximum atomic E-state index is 8.30. The second kappa shape index (κ2) is 28.7. The van der Waals surface area contributed by atoms with Gasteiger partial charge in [-0.1, -0.05) is 230 Å². The number of thiophene rings is 3. The smallest absolute Gasteiger partial charge is 0.101 e. The molecule has 0 N–H and O–H groups in total. The Bertz CT molecular complexity index is 5410. The third kappa shape index (κ3) is 14.8. The van der Waals surface area contributed by atoms with Crippen molar-refractivity contribution in [2.75, 3.05) is 14.7 Å². The summed E-state index contributed by atoms with van der Waals surface area (Å²) in [5.74, 6) is 0. The van der Waals surface area contributed by atoms with Crippen molar-refractivity contribution in [2.45, 2.75) is 0 Å². The number of benzene rings is 11. The van der Waals surface area contributed by atoms with Gasteiger partial charge in [0.05, 0.1) is 38.8 Å². The van der Waals surface area contributed by atoms with Crippen molar-refractivity contribution in [1.82, 2.24) is 0 Å². The average Bonchev–Trinajstić information content (AvgIpc) is 1.63. The van der Waals surface area contributed by atoms with Crippen LogP contribution in [0.15, 0.2) is 351 Å². The predicted octanol–water partition coefficient (Wildman–Crippen LogP) is 26.3. The van der Waals surface area contributed by atoms with Crippen molar-refractivity contribution in [2.24, 2.45) is 0 Å². The summed E-state index contributed by atoms with van der Waals surface area (Å²) in [6.45, 7) is 0. The van der Waals surface area contributed by atoms with Gasteiger partial charge in [-0.25, -0.2) is 0 Å². The van der Waals surface area contributed by atoms with E-state index in [1.165, 1.54) is 11.3 Å². The Hall–Kier alpha value is -8.64. The van der Waals surface area contributed by atoms with Gasteiger partial charge < -0.3 is 14.7 Å². The van der Waals surface area contributed by atoms with Crippen molar-refractivity contribution in [3.8, 4) is 55.6 Å². The molecule has 0 unspecified atom stereocenters. The maximum Gasteiger partial charge on any atom is 0.101 e. The first kappa shape index (κ1) is 39.2. The molecule has 0 saturated heterocycles. The Balaban J connectivity index is 0.000000152. The zero-order valence-electron chi connectivity index (χ0n) is 65.5. The highest BCUT2D eigenvalue weighted by atomic mass is 79.9. The van der Waals surface area contributed by atoms with Crippen molar-refractivity contribution >= 4 is 131 Å². The van der Waals surface area contributed by atoms with E-state index >= 15 is 0 Å². The molecule has 0 fully saturated rings. The van der Waals surface area contributed by atoms with Crippen molar-refractivity contribution < 1.29 is 27.4 Å². The van der Waals surface area contributed by atoms with Crippen molar-refractivity contribution in [3.05, 3.63) is 351 Å². The summed E-state index contributed by atoms with van der Waals surface area (Å²) in [7, 11) is 0. The van der Waals surface area contributed by atoms with Gasteiger partial charge in [0.15, 0.2) is 0 Å². The minimum atomic E-state index is -0.443. The summed E-state index contributed by atoms with van der Waals surface area (Å²) >= 11 is 15.3. The number of para-hydroxylation sites is 1. The first-order valence-corrected chi connectivity index (χ1v) is 31.5. The highest BCUT2D eigenvalue weighted by Gasteiger charge is 2.18. The predicted molar refractivity (Wildman–Crippen MR) is 387 cm³/mol. The third-order valence-electron chi connectivity index (χ3n) is 13.2. The molecule has 0 spiro atoms. The summed E-state index contributed by atoms with van der Waals surface area (Å²) in [5, 5.41) is 2.91. The van der Waals surface area contributed by atoms with E-state index in [1.807, 2.05) is 114 Å². The standard InChI is InChI=1S/2C28H20BrNS.C22H16BrNS/c2*29-27-19-20-28(31-27)30(25-15-11-23(12-16-25)21-7-3-1-4-8-21)26-17-13-24(14-18-26)22-9-5-2-6-10-22;23-21-15-16-22(25-21)24(19-9-5-2-6-10-19)20-13-11-18(12-14-20)17-7-3-1-4-8-17/h2*1-20H;1-16H/i1D,2D,3D,4D,5D,6D,7D,8D,9D,10D;2*1D,3D,4D,7D,8D. The van der Waals surface area contributed by atoms with Crippen LogP contribution in [-0.2, 0) is 0 Å². The van der Waals surface area contributed by atoms with E-state index in [4.69, 9.17) is 27.4 Å². The minimum absolute atomic E-state index is 0.121. The van der Waals surface area contributed by atoms with E-state index in [0.29, 0.717) is 22.3 Å². The van der Waals surface area contributed by atoms with Gasteiger partial charge in [-0.3, -0.25) is 0 Å². The fraction of sp³-hybridized carbons (Fsp3) is 0. The molecule has 3 heterocycles. The fourth-order valence-electron chi connectivity index (χ4n) is 9.18. The Labute approximate surface area is 575 Å². The van der Waals surface area contributed by atoms with E-state index < -0.39 is 42.3 Å². The monoisotopic (exact) mass is 1390 g/mol. The zero-order valence-corrected chi connectivity index (χ0v) is 52.7. The third-order valence-corrected chi connectivity index (χ3v) is 18.1. The first-order chi connectivity index (χ1) is 51.1. The number of hydrogen-bond acceptors (Lipinski definition) is 6. The Morgan fingerprint density at radius 2 is 0.414 bits per heavy atom. The Kier molecular flexibility index (Phi) is 12.9. The highest BCUT2D eigenvalue weighted by molar-refractivity contribution is 9.11. The molecule has 0 aliphatic heterocycles. The van der Waals surface area contributed by atoms with E-state index in [-0.39, 0.29) is 101 Å². The molecule has 0 saturated carbocycles. The quantitative estimate of drug-likeness (QED) is 0.107. The first-order valence-electron chi connectivity index (χ1n) is 36.7. The van der Waals surface area contributed by atoms with Gasteiger partial charge in [-0.15, -0.1) is 34.0 Å². The van der Waals surface area contributed by atoms with Crippen molar-refractivity contribution in [1.29, 1.82) is 0 Å². The number of halogens is 3. The molecular formula is C78H56Br3N3S3. The van der Waals surface area contributed by atoms with Crippen LogP contribution in [0.25, 0.3) is 55.6 Å². The van der Waals surface area contributed by atoms with Crippen LogP contribution in [0.1, 0.15) is 27.4 Å². The van der Waals surface area contributed by atoms with Crippen LogP contribution >= 0.6 is 81.8 Å². The zero-order chi connectivity index (χ0) is 76.6. The van der Waals surface area contributed by atoms with Gasteiger partial charge >= 0.3 is 0 Å². The lowest BCUT2D eigenvalue weighted by Gasteiger charge is -2.24. The largest absolute Gasteiger partial charge is 0.302 e. The molecule has 14 aromatic rings. The number of nitrogens with zero attached hydrogens (tertiary/aromatic N) is 3. The molecule has 0 aliphatic rings. The lowest BCUT2D eigenvalue weighted by molar-refractivity contribution is 1.32. The van der Waals surface area contributed by atoms with Gasteiger partial charge in [-0.2, -0.15) is 0 Å².